The quantitative estimate of drug-likeness (QED) is 0.831. The molecule has 0 aliphatic heterocycles. The van der Waals surface area contributed by atoms with E-state index >= 15 is 0 Å². The Morgan fingerprint density at radius 1 is 1.31 bits per heavy atom. The summed E-state index contributed by atoms with van der Waals surface area (Å²) in [4.78, 5) is 0. The Hall–Kier alpha value is -0.500. The van der Waals surface area contributed by atoms with Gasteiger partial charge in [0, 0.05) is 16.2 Å². The number of anilines is 1. The molecule has 0 atom stereocenters. The summed E-state index contributed by atoms with van der Waals surface area (Å²) in [5.74, 6) is 0.903. The SMILES string of the molecule is CC1CC(Nc2ccccc2Br)C1. The minimum atomic E-state index is 0.689. The van der Waals surface area contributed by atoms with E-state index in [9.17, 15) is 0 Å². The highest BCUT2D eigenvalue weighted by molar-refractivity contribution is 9.10. The Bertz CT molecular complexity index is 292. The number of rotatable bonds is 2. The predicted octanol–water partition coefficient (Wildman–Crippen LogP) is 3.66. The highest BCUT2D eigenvalue weighted by Crippen LogP contribution is 2.31. The Balaban J connectivity index is 1.98. The van der Waals surface area contributed by atoms with Crippen LogP contribution in [0.1, 0.15) is 19.8 Å². The molecule has 0 radical (unpaired) electrons. The molecule has 70 valence electrons. The van der Waals surface area contributed by atoms with Crippen molar-refractivity contribution in [2.45, 2.75) is 25.8 Å². The summed E-state index contributed by atoms with van der Waals surface area (Å²) in [5.41, 5.74) is 1.22. The smallest absolute Gasteiger partial charge is 0.0486 e. The molecular weight excluding hydrogens is 226 g/mol. The van der Waals surface area contributed by atoms with Gasteiger partial charge in [0.05, 0.1) is 0 Å². The Kier molecular flexibility index (Phi) is 2.58. The monoisotopic (exact) mass is 239 g/mol. The molecule has 1 aliphatic rings. The first-order chi connectivity index (χ1) is 6.25. The van der Waals surface area contributed by atoms with E-state index in [0.717, 1.165) is 10.4 Å². The fourth-order valence-corrected chi connectivity index (χ4v) is 2.22. The number of hydrogen-bond donors (Lipinski definition) is 1. The highest BCUT2D eigenvalue weighted by Gasteiger charge is 2.25. The third-order valence-corrected chi connectivity index (χ3v) is 3.30. The van der Waals surface area contributed by atoms with E-state index in [2.05, 4.69) is 46.4 Å². The van der Waals surface area contributed by atoms with Crippen LogP contribution in [0.5, 0.6) is 0 Å². The van der Waals surface area contributed by atoms with E-state index in [1.165, 1.54) is 18.5 Å². The van der Waals surface area contributed by atoms with Gasteiger partial charge in [0.15, 0.2) is 0 Å². The zero-order valence-electron chi connectivity index (χ0n) is 7.76. The first-order valence-electron chi connectivity index (χ1n) is 4.77. The number of halogens is 1. The van der Waals surface area contributed by atoms with Crippen LogP contribution in [0.2, 0.25) is 0 Å². The normalized spacial score (nSPS) is 26.6. The molecule has 1 N–H and O–H groups in total. The Morgan fingerprint density at radius 3 is 2.62 bits per heavy atom. The molecule has 0 amide bonds. The lowest BCUT2D eigenvalue weighted by Gasteiger charge is -2.34. The maximum atomic E-state index is 3.53. The molecule has 1 saturated carbocycles. The zero-order valence-corrected chi connectivity index (χ0v) is 9.34. The fraction of sp³-hybridized carbons (Fsp3) is 0.455. The van der Waals surface area contributed by atoms with Gasteiger partial charge in [0.25, 0.3) is 0 Å². The first-order valence-corrected chi connectivity index (χ1v) is 5.56. The Labute approximate surface area is 87.7 Å². The molecule has 2 heteroatoms. The molecular formula is C11H14BrN. The molecule has 1 aromatic rings. The van der Waals surface area contributed by atoms with Crippen LogP contribution in [0, 0.1) is 5.92 Å². The van der Waals surface area contributed by atoms with E-state index in [4.69, 9.17) is 0 Å². The molecule has 1 nitrogen and oxygen atoms in total. The van der Waals surface area contributed by atoms with Crippen molar-refractivity contribution in [3.8, 4) is 0 Å². The molecule has 0 bridgehead atoms. The second-order valence-electron chi connectivity index (χ2n) is 3.90. The highest BCUT2D eigenvalue weighted by atomic mass is 79.9. The van der Waals surface area contributed by atoms with Crippen molar-refractivity contribution >= 4 is 21.6 Å². The lowest BCUT2D eigenvalue weighted by molar-refractivity contribution is 0.309. The van der Waals surface area contributed by atoms with Gasteiger partial charge >= 0.3 is 0 Å². The summed E-state index contributed by atoms with van der Waals surface area (Å²) in [6, 6.07) is 8.99. The molecule has 0 unspecified atom stereocenters. The second-order valence-corrected chi connectivity index (χ2v) is 4.75. The van der Waals surface area contributed by atoms with Gasteiger partial charge < -0.3 is 5.32 Å². The summed E-state index contributed by atoms with van der Waals surface area (Å²) in [7, 11) is 0. The maximum absolute atomic E-state index is 3.53. The lowest BCUT2D eigenvalue weighted by Crippen LogP contribution is -2.33. The van der Waals surface area contributed by atoms with Crippen LogP contribution in [0.3, 0.4) is 0 Å². The van der Waals surface area contributed by atoms with Crippen molar-refractivity contribution in [3.05, 3.63) is 28.7 Å². The fourth-order valence-electron chi connectivity index (χ4n) is 1.82. The largest absolute Gasteiger partial charge is 0.381 e. The predicted molar refractivity (Wildman–Crippen MR) is 60.0 cm³/mol. The van der Waals surface area contributed by atoms with Crippen molar-refractivity contribution in [1.29, 1.82) is 0 Å². The van der Waals surface area contributed by atoms with Crippen molar-refractivity contribution < 1.29 is 0 Å². The van der Waals surface area contributed by atoms with Crippen LogP contribution >= 0.6 is 15.9 Å². The van der Waals surface area contributed by atoms with Gasteiger partial charge in [-0.1, -0.05) is 19.1 Å². The number of benzene rings is 1. The van der Waals surface area contributed by atoms with E-state index in [0.29, 0.717) is 6.04 Å². The van der Waals surface area contributed by atoms with Crippen LogP contribution in [-0.4, -0.2) is 6.04 Å². The van der Waals surface area contributed by atoms with Crippen molar-refractivity contribution in [3.63, 3.8) is 0 Å². The summed E-state index contributed by atoms with van der Waals surface area (Å²) in [6.45, 7) is 2.30. The summed E-state index contributed by atoms with van der Waals surface area (Å²) < 4.78 is 1.16. The van der Waals surface area contributed by atoms with Gasteiger partial charge in [-0.25, -0.2) is 0 Å². The molecule has 0 spiro atoms. The molecule has 13 heavy (non-hydrogen) atoms. The van der Waals surface area contributed by atoms with Gasteiger partial charge in [0.1, 0.15) is 0 Å². The molecule has 1 aliphatic carbocycles. The minimum absolute atomic E-state index is 0.689. The maximum Gasteiger partial charge on any atom is 0.0486 e. The van der Waals surface area contributed by atoms with E-state index in [-0.39, 0.29) is 0 Å². The molecule has 1 fully saturated rings. The molecule has 1 aromatic carbocycles. The van der Waals surface area contributed by atoms with Gasteiger partial charge in [-0.15, -0.1) is 0 Å². The van der Waals surface area contributed by atoms with Crippen LogP contribution in [0.15, 0.2) is 28.7 Å². The van der Waals surface area contributed by atoms with Crippen LogP contribution in [0.4, 0.5) is 5.69 Å². The number of nitrogens with one attached hydrogen (secondary N) is 1. The third kappa shape index (κ3) is 2.05. The average molecular weight is 240 g/mol. The van der Waals surface area contributed by atoms with Crippen LogP contribution in [-0.2, 0) is 0 Å². The molecule has 0 aromatic heterocycles. The topological polar surface area (TPSA) is 12.0 Å². The minimum Gasteiger partial charge on any atom is -0.381 e. The zero-order chi connectivity index (χ0) is 9.26. The average Bonchev–Trinajstić information content (AvgIpc) is 2.06. The second kappa shape index (κ2) is 3.70. The summed E-state index contributed by atoms with van der Waals surface area (Å²) in [5, 5.41) is 3.53. The van der Waals surface area contributed by atoms with Crippen LogP contribution in [0.25, 0.3) is 0 Å². The van der Waals surface area contributed by atoms with Crippen LogP contribution < -0.4 is 5.32 Å². The van der Waals surface area contributed by atoms with E-state index < -0.39 is 0 Å². The van der Waals surface area contributed by atoms with E-state index in [1.54, 1.807) is 0 Å². The summed E-state index contributed by atoms with van der Waals surface area (Å²) in [6.07, 6.45) is 2.61. The molecule has 0 saturated heterocycles. The van der Waals surface area contributed by atoms with Crippen molar-refractivity contribution in [1.82, 2.24) is 0 Å². The third-order valence-electron chi connectivity index (χ3n) is 2.61. The number of para-hydroxylation sites is 1. The first kappa shape index (κ1) is 9.07. The van der Waals surface area contributed by atoms with Gasteiger partial charge in [-0.05, 0) is 46.8 Å². The standard InChI is InChI=1S/C11H14BrN/c1-8-6-9(7-8)13-11-5-3-2-4-10(11)12/h2-5,8-9,13H,6-7H2,1H3. The number of hydrogen-bond acceptors (Lipinski definition) is 1. The van der Waals surface area contributed by atoms with E-state index in [1.807, 2.05) is 6.07 Å². The van der Waals surface area contributed by atoms with Gasteiger partial charge in [-0.3, -0.25) is 0 Å². The summed E-state index contributed by atoms with van der Waals surface area (Å²) >= 11 is 3.53. The van der Waals surface area contributed by atoms with Crippen molar-refractivity contribution in [2.75, 3.05) is 5.32 Å². The van der Waals surface area contributed by atoms with Gasteiger partial charge in [0.2, 0.25) is 0 Å². The lowest BCUT2D eigenvalue weighted by atomic mass is 9.82. The molecule has 0 heterocycles. The van der Waals surface area contributed by atoms with Gasteiger partial charge in [-0.2, -0.15) is 0 Å². The molecule has 2 rings (SSSR count). The Morgan fingerprint density at radius 2 is 2.00 bits per heavy atom. The van der Waals surface area contributed by atoms with Crippen molar-refractivity contribution in [2.24, 2.45) is 5.92 Å².